The van der Waals surface area contributed by atoms with Gasteiger partial charge < -0.3 is 9.84 Å². The lowest BCUT2D eigenvalue weighted by Gasteiger charge is -2.17. The molecule has 0 aliphatic heterocycles. The van der Waals surface area contributed by atoms with E-state index in [-0.39, 0.29) is 21.8 Å². The van der Waals surface area contributed by atoms with Crippen molar-refractivity contribution < 1.29 is 32.6 Å². The molecule has 6 nitrogen and oxygen atoms in total. The Morgan fingerprint density at radius 1 is 1.02 bits per heavy atom. The number of thiazole rings is 1. The van der Waals surface area contributed by atoms with Gasteiger partial charge in [-0.25, -0.2) is 22.9 Å². The predicted molar refractivity (Wildman–Crippen MR) is 165 cm³/mol. The molecule has 43 heavy (non-hydrogen) atoms. The number of hydrogen-bond donors (Lipinski definition) is 2. The monoisotopic (exact) mass is 616 g/mol. The Kier molecular flexibility index (Phi) is 13.4. The fraction of sp³-hybridized carbons (Fsp3) is 0.424. The summed E-state index contributed by atoms with van der Waals surface area (Å²) in [6.45, 7) is 3.41. The highest BCUT2D eigenvalue weighted by Crippen LogP contribution is 2.33. The number of unbranched alkanes of at least 4 members (excludes halogenated alkanes) is 8. The van der Waals surface area contributed by atoms with Gasteiger partial charge in [-0.1, -0.05) is 76.8 Å². The van der Waals surface area contributed by atoms with Crippen molar-refractivity contribution in [3.05, 3.63) is 75.4 Å². The summed E-state index contributed by atoms with van der Waals surface area (Å²) in [7, 11) is 1.57. The first-order valence-corrected chi connectivity index (χ1v) is 15.5. The first kappa shape index (κ1) is 34.0. The van der Waals surface area contributed by atoms with Crippen molar-refractivity contribution in [2.75, 3.05) is 12.4 Å². The lowest BCUT2D eigenvalue weighted by molar-refractivity contribution is -0.132. The molecule has 0 bridgehead atoms. The molecule has 0 aliphatic carbocycles. The third-order valence-electron chi connectivity index (χ3n) is 7.27. The number of methoxy groups -OCH3 is 1. The summed E-state index contributed by atoms with van der Waals surface area (Å²) in [5.74, 6) is -4.76. The summed E-state index contributed by atoms with van der Waals surface area (Å²) in [6.07, 6.45) is 11.9. The Bertz CT molecular complexity index is 1400. The predicted octanol–water partition coefficient (Wildman–Crippen LogP) is 9.58. The van der Waals surface area contributed by atoms with Crippen molar-refractivity contribution in [3.8, 4) is 11.3 Å². The van der Waals surface area contributed by atoms with Crippen molar-refractivity contribution in [1.82, 2.24) is 4.98 Å². The van der Waals surface area contributed by atoms with E-state index in [9.17, 15) is 18.4 Å². The lowest BCUT2D eigenvalue weighted by atomic mass is 9.98. The van der Waals surface area contributed by atoms with Gasteiger partial charge in [-0.2, -0.15) is 0 Å². The maximum atomic E-state index is 15.6. The number of aliphatic carboxylic acids is 1. The molecular formula is C33H39F3N2O4S. The van der Waals surface area contributed by atoms with Crippen LogP contribution in [0.2, 0.25) is 0 Å². The minimum Gasteiger partial charge on any atom is -0.478 e. The number of carbonyl (C=O) groups is 2. The smallest absolute Gasteiger partial charge is 0.331 e. The fourth-order valence-corrected chi connectivity index (χ4v) is 5.50. The summed E-state index contributed by atoms with van der Waals surface area (Å²) in [6, 6.07) is 6.67. The summed E-state index contributed by atoms with van der Waals surface area (Å²) in [4.78, 5) is 28.0. The number of carbonyl (C=O) groups excluding carboxylic acids is 1. The number of aromatic nitrogens is 1. The fourth-order valence-electron chi connectivity index (χ4n) is 4.79. The van der Waals surface area contributed by atoms with Crippen LogP contribution in [0.25, 0.3) is 17.3 Å². The number of anilines is 1. The van der Waals surface area contributed by atoms with Crippen molar-refractivity contribution in [1.29, 1.82) is 0 Å². The van der Waals surface area contributed by atoms with Gasteiger partial charge in [-0.15, -0.1) is 11.3 Å². The Balaban J connectivity index is 1.64. The van der Waals surface area contributed by atoms with Crippen LogP contribution in [0.15, 0.2) is 41.3 Å². The van der Waals surface area contributed by atoms with Gasteiger partial charge in [-0.05, 0) is 37.6 Å². The van der Waals surface area contributed by atoms with Gasteiger partial charge in [0.2, 0.25) is 0 Å². The SMILES string of the molecule is CCCCCCCCCCCC(OC)c1cccc(-c2csc(NC(=O)c3cc(F)c(/C=C(\C)C(=O)O)c(F)c3)n2)c1F. The average molecular weight is 617 g/mol. The van der Waals surface area contributed by atoms with E-state index in [1.807, 2.05) is 0 Å². The highest BCUT2D eigenvalue weighted by atomic mass is 32.1. The van der Waals surface area contributed by atoms with E-state index < -0.39 is 41.0 Å². The standard InChI is InChI=1S/C33H39F3N2O4S/c1-4-5-6-7-8-9-10-11-12-16-29(42-3)24-15-13-14-23(30(24)36)28-20-43-33(37-28)38-31(39)22-18-26(34)25(27(35)19-22)17-21(2)32(40)41/h13-15,17-20,29H,4-12,16H2,1-3H3,(H,40,41)(H,37,38,39)/b21-17+. The molecule has 0 saturated carbocycles. The number of halogens is 3. The molecule has 1 heterocycles. The van der Waals surface area contributed by atoms with Crippen molar-refractivity contribution in [2.24, 2.45) is 0 Å². The van der Waals surface area contributed by atoms with Gasteiger partial charge in [0.1, 0.15) is 17.5 Å². The molecule has 2 aromatic carbocycles. The van der Waals surface area contributed by atoms with Gasteiger partial charge in [-0.3, -0.25) is 10.1 Å². The number of carboxylic acid groups (broad SMARTS) is 1. The minimum absolute atomic E-state index is 0.120. The quantitative estimate of drug-likeness (QED) is 0.116. The summed E-state index contributed by atoms with van der Waals surface area (Å²) in [5, 5.41) is 13.2. The second kappa shape index (κ2) is 17.0. The number of nitrogens with zero attached hydrogens (tertiary/aromatic N) is 1. The summed E-state index contributed by atoms with van der Waals surface area (Å²) >= 11 is 1.04. The van der Waals surface area contributed by atoms with Gasteiger partial charge in [0.05, 0.1) is 11.8 Å². The van der Waals surface area contributed by atoms with E-state index in [1.165, 1.54) is 45.4 Å². The van der Waals surface area contributed by atoms with Crippen molar-refractivity contribution in [3.63, 3.8) is 0 Å². The largest absolute Gasteiger partial charge is 0.478 e. The van der Waals surface area contributed by atoms with Gasteiger partial charge in [0.25, 0.3) is 5.91 Å². The number of benzene rings is 2. The molecule has 3 aromatic rings. The molecule has 232 valence electrons. The Morgan fingerprint density at radius 3 is 2.26 bits per heavy atom. The van der Waals surface area contributed by atoms with E-state index in [1.54, 1.807) is 30.7 Å². The molecule has 0 aliphatic rings. The number of nitrogens with one attached hydrogen (secondary N) is 1. The van der Waals surface area contributed by atoms with Crippen LogP contribution in [-0.4, -0.2) is 29.1 Å². The van der Waals surface area contributed by atoms with Crippen molar-refractivity contribution in [2.45, 2.75) is 84.2 Å². The van der Waals surface area contributed by atoms with Crippen LogP contribution >= 0.6 is 11.3 Å². The van der Waals surface area contributed by atoms with E-state index in [0.717, 1.165) is 48.8 Å². The van der Waals surface area contributed by atoms with E-state index in [0.29, 0.717) is 17.7 Å². The van der Waals surface area contributed by atoms with E-state index >= 15 is 4.39 Å². The average Bonchev–Trinajstić information content (AvgIpc) is 3.44. The van der Waals surface area contributed by atoms with Crippen LogP contribution in [0.5, 0.6) is 0 Å². The number of amides is 1. The molecule has 2 N–H and O–H groups in total. The van der Waals surface area contributed by atoms with Crippen molar-refractivity contribution >= 4 is 34.4 Å². The summed E-state index contributed by atoms with van der Waals surface area (Å²) in [5.41, 5.74) is -0.136. The second-order valence-corrected chi connectivity index (χ2v) is 11.4. The molecule has 1 aromatic heterocycles. The zero-order chi connectivity index (χ0) is 31.4. The highest BCUT2D eigenvalue weighted by molar-refractivity contribution is 7.14. The van der Waals surface area contributed by atoms with E-state index in [2.05, 4.69) is 17.2 Å². The topological polar surface area (TPSA) is 88.5 Å². The molecule has 10 heteroatoms. The highest BCUT2D eigenvalue weighted by Gasteiger charge is 2.21. The van der Waals surface area contributed by atoms with Gasteiger partial charge in [0, 0.05) is 40.3 Å². The molecule has 3 rings (SSSR count). The number of rotatable bonds is 17. The van der Waals surface area contributed by atoms with Crippen LogP contribution < -0.4 is 5.32 Å². The molecule has 1 atom stereocenters. The normalized spacial score (nSPS) is 12.4. The number of ether oxygens (including phenoxy) is 1. The molecule has 0 radical (unpaired) electrons. The minimum atomic E-state index is -1.32. The maximum absolute atomic E-state index is 15.6. The Hall–Kier alpha value is -3.50. The van der Waals surface area contributed by atoms with Crippen LogP contribution in [-0.2, 0) is 9.53 Å². The maximum Gasteiger partial charge on any atom is 0.331 e. The second-order valence-electron chi connectivity index (χ2n) is 10.5. The van der Waals surface area contributed by atoms with Gasteiger partial charge >= 0.3 is 5.97 Å². The first-order valence-electron chi connectivity index (χ1n) is 14.6. The van der Waals surface area contributed by atoms with Crippen LogP contribution in [0.3, 0.4) is 0 Å². The number of carboxylic acids is 1. The Labute approximate surface area is 255 Å². The van der Waals surface area contributed by atoms with E-state index in [4.69, 9.17) is 9.84 Å². The molecule has 0 spiro atoms. The molecule has 1 amide bonds. The zero-order valence-electron chi connectivity index (χ0n) is 24.9. The zero-order valence-corrected chi connectivity index (χ0v) is 25.7. The Morgan fingerprint density at radius 2 is 1.65 bits per heavy atom. The summed E-state index contributed by atoms with van der Waals surface area (Å²) < 4.78 is 50.3. The third-order valence-corrected chi connectivity index (χ3v) is 8.03. The molecule has 1 unspecified atom stereocenters. The third kappa shape index (κ3) is 9.76. The first-order chi connectivity index (χ1) is 20.7. The number of hydrogen-bond acceptors (Lipinski definition) is 5. The molecule has 0 saturated heterocycles. The van der Waals surface area contributed by atoms with Crippen LogP contribution in [0.1, 0.15) is 106 Å². The van der Waals surface area contributed by atoms with Crippen LogP contribution in [0, 0.1) is 17.5 Å². The molecular weight excluding hydrogens is 577 g/mol. The molecule has 0 fully saturated rings. The van der Waals surface area contributed by atoms with Crippen LogP contribution in [0.4, 0.5) is 18.3 Å². The van der Waals surface area contributed by atoms with Gasteiger partial charge in [0.15, 0.2) is 5.13 Å². The lowest BCUT2D eigenvalue weighted by Crippen LogP contribution is -2.13.